The summed E-state index contributed by atoms with van der Waals surface area (Å²) < 4.78 is 19.4. The van der Waals surface area contributed by atoms with Crippen molar-refractivity contribution in [1.82, 2.24) is 0 Å². The summed E-state index contributed by atoms with van der Waals surface area (Å²) in [7, 11) is 0. The van der Waals surface area contributed by atoms with E-state index in [9.17, 15) is 4.39 Å². The Labute approximate surface area is 103 Å². The fourth-order valence-electron chi connectivity index (χ4n) is 1.92. The third-order valence-corrected chi connectivity index (χ3v) is 2.61. The van der Waals surface area contributed by atoms with Gasteiger partial charge in [0.1, 0.15) is 0 Å². The van der Waals surface area contributed by atoms with Gasteiger partial charge in [-0.25, -0.2) is 4.39 Å². The van der Waals surface area contributed by atoms with E-state index in [2.05, 4.69) is 13.8 Å². The largest absolute Gasteiger partial charge is 0.487 e. The van der Waals surface area contributed by atoms with E-state index in [4.69, 9.17) is 10.5 Å². The van der Waals surface area contributed by atoms with Crippen molar-refractivity contribution < 1.29 is 9.13 Å². The average molecular weight is 239 g/mol. The van der Waals surface area contributed by atoms with Gasteiger partial charge in [-0.1, -0.05) is 26.0 Å². The molecule has 1 aromatic carbocycles. The molecule has 0 amide bonds. The Bertz CT molecular complexity index is 363. The summed E-state index contributed by atoms with van der Waals surface area (Å²) in [6.07, 6.45) is 0.886. The second kappa shape index (κ2) is 6.01. The maximum absolute atomic E-state index is 13.7. The van der Waals surface area contributed by atoms with E-state index in [1.54, 1.807) is 6.07 Å². The van der Waals surface area contributed by atoms with Crippen LogP contribution in [0.2, 0.25) is 0 Å². The Morgan fingerprint density at radius 2 is 1.88 bits per heavy atom. The zero-order valence-electron chi connectivity index (χ0n) is 11.0. The van der Waals surface area contributed by atoms with E-state index >= 15 is 0 Å². The molecule has 1 rings (SSSR count). The quantitative estimate of drug-likeness (QED) is 0.851. The van der Waals surface area contributed by atoms with Crippen molar-refractivity contribution in [3.63, 3.8) is 0 Å². The van der Waals surface area contributed by atoms with Crippen LogP contribution in [0.25, 0.3) is 0 Å². The van der Waals surface area contributed by atoms with Crippen LogP contribution in [0.3, 0.4) is 0 Å². The maximum atomic E-state index is 13.7. The van der Waals surface area contributed by atoms with Gasteiger partial charge in [0.2, 0.25) is 0 Å². The molecule has 2 N–H and O–H groups in total. The molecule has 0 spiro atoms. The summed E-state index contributed by atoms with van der Waals surface area (Å²) in [5, 5.41) is 0. The molecule has 1 aromatic rings. The number of hydrogen-bond acceptors (Lipinski definition) is 2. The molecule has 1 unspecified atom stereocenters. The van der Waals surface area contributed by atoms with Crippen LogP contribution in [0.1, 0.15) is 45.7 Å². The van der Waals surface area contributed by atoms with Gasteiger partial charge < -0.3 is 10.5 Å². The van der Waals surface area contributed by atoms with Crippen LogP contribution in [-0.4, -0.2) is 6.10 Å². The third-order valence-electron chi connectivity index (χ3n) is 2.61. The van der Waals surface area contributed by atoms with E-state index in [0.717, 1.165) is 12.0 Å². The summed E-state index contributed by atoms with van der Waals surface area (Å²) >= 11 is 0. The van der Waals surface area contributed by atoms with E-state index < -0.39 is 0 Å². The van der Waals surface area contributed by atoms with Crippen molar-refractivity contribution >= 4 is 0 Å². The van der Waals surface area contributed by atoms with Gasteiger partial charge in [0.25, 0.3) is 0 Å². The Hall–Kier alpha value is -1.09. The lowest BCUT2D eigenvalue weighted by molar-refractivity contribution is 0.182. The van der Waals surface area contributed by atoms with Gasteiger partial charge >= 0.3 is 0 Å². The lowest BCUT2D eigenvalue weighted by atomic mass is 10.1. The summed E-state index contributed by atoms with van der Waals surface area (Å²) in [6.45, 7) is 8.02. The van der Waals surface area contributed by atoms with E-state index in [0.29, 0.717) is 11.7 Å². The van der Waals surface area contributed by atoms with Crippen LogP contribution < -0.4 is 10.5 Å². The number of ether oxygens (including phenoxy) is 1. The number of nitrogens with two attached hydrogens (primary N) is 1. The highest BCUT2D eigenvalue weighted by Gasteiger charge is 2.16. The van der Waals surface area contributed by atoms with E-state index in [-0.39, 0.29) is 18.0 Å². The molecule has 3 heteroatoms. The lowest BCUT2D eigenvalue weighted by Crippen LogP contribution is -2.18. The smallest absolute Gasteiger partial charge is 0.165 e. The van der Waals surface area contributed by atoms with Gasteiger partial charge in [0.15, 0.2) is 11.6 Å². The monoisotopic (exact) mass is 239 g/mol. The summed E-state index contributed by atoms with van der Waals surface area (Å²) in [6, 6.07) is 4.65. The van der Waals surface area contributed by atoms with Crippen molar-refractivity contribution in [1.29, 1.82) is 0 Å². The minimum atomic E-state index is -0.338. The Balaban J connectivity index is 2.89. The summed E-state index contributed by atoms with van der Waals surface area (Å²) in [4.78, 5) is 0. The zero-order chi connectivity index (χ0) is 13.0. The first kappa shape index (κ1) is 14.0. The molecule has 0 aliphatic heterocycles. The van der Waals surface area contributed by atoms with Crippen molar-refractivity contribution in [2.24, 2.45) is 11.7 Å². The number of halogens is 1. The highest BCUT2D eigenvalue weighted by Crippen LogP contribution is 2.28. The Morgan fingerprint density at radius 3 is 2.41 bits per heavy atom. The SMILES string of the molecule is CC(C)CC(C)Oc1c(F)cccc1[C@@H](C)N. The fraction of sp³-hybridized carbons (Fsp3) is 0.571. The lowest BCUT2D eigenvalue weighted by Gasteiger charge is -2.20. The second-order valence-electron chi connectivity index (χ2n) is 5.00. The van der Waals surface area contributed by atoms with Crippen LogP contribution in [0.15, 0.2) is 18.2 Å². The zero-order valence-corrected chi connectivity index (χ0v) is 11.0. The van der Waals surface area contributed by atoms with Crippen LogP contribution in [-0.2, 0) is 0 Å². The van der Waals surface area contributed by atoms with Crippen molar-refractivity contribution in [2.75, 3.05) is 0 Å². The first-order valence-corrected chi connectivity index (χ1v) is 6.12. The van der Waals surface area contributed by atoms with Crippen molar-refractivity contribution in [2.45, 2.75) is 46.3 Å². The average Bonchev–Trinajstić information content (AvgIpc) is 2.19. The molecule has 0 radical (unpaired) electrons. The topological polar surface area (TPSA) is 35.2 Å². The van der Waals surface area contributed by atoms with Gasteiger partial charge in [0, 0.05) is 11.6 Å². The van der Waals surface area contributed by atoms with Gasteiger partial charge in [0.05, 0.1) is 6.10 Å². The number of rotatable bonds is 5. The van der Waals surface area contributed by atoms with Gasteiger partial charge in [-0.3, -0.25) is 0 Å². The molecule has 2 atom stereocenters. The van der Waals surface area contributed by atoms with Gasteiger partial charge in [-0.05, 0) is 32.3 Å². The molecule has 0 bridgehead atoms. The first-order valence-electron chi connectivity index (χ1n) is 6.12. The van der Waals surface area contributed by atoms with Crippen molar-refractivity contribution in [3.8, 4) is 5.75 Å². The first-order chi connectivity index (χ1) is 7.91. The molecule has 0 saturated heterocycles. The predicted molar refractivity (Wildman–Crippen MR) is 68.5 cm³/mol. The number of para-hydroxylation sites is 1. The Kier molecular flexibility index (Phi) is 4.94. The molecular formula is C14H22FNO. The molecule has 2 nitrogen and oxygen atoms in total. The van der Waals surface area contributed by atoms with Gasteiger partial charge in [-0.15, -0.1) is 0 Å². The summed E-state index contributed by atoms with van der Waals surface area (Å²) in [5.41, 5.74) is 6.54. The third kappa shape index (κ3) is 4.00. The van der Waals surface area contributed by atoms with Crippen LogP contribution in [0, 0.1) is 11.7 Å². The molecule has 0 aliphatic rings. The molecule has 0 fully saturated rings. The van der Waals surface area contributed by atoms with E-state index in [1.807, 2.05) is 19.9 Å². The predicted octanol–water partition coefficient (Wildman–Crippen LogP) is 3.66. The van der Waals surface area contributed by atoms with Crippen LogP contribution in [0.4, 0.5) is 4.39 Å². The normalized spacial score (nSPS) is 14.8. The highest BCUT2D eigenvalue weighted by atomic mass is 19.1. The molecule has 0 heterocycles. The molecule has 96 valence electrons. The van der Waals surface area contributed by atoms with E-state index in [1.165, 1.54) is 6.07 Å². The highest BCUT2D eigenvalue weighted by molar-refractivity contribution is 5.37. The summed E-state index contributed by atoms with van der Waals surface area (Å²) in [5.74, 6) is 0.488. The molecule has 0 aliphatic carbocycles. The fourth-order valence-corrected chi connectivity index (χ4v) is 1.92. The molecular weight excluding hydrogens is 217 g/mol. The van der Waals surface area contributed by atoms with Crippen LogP contribution in [0.5, 0.6) is 5.75 Å². The van der Waals surface area contributed by atoms with Crippen molar-refractivity contribution in [3.05, 3.63) is 29.6 Å². The maximum Gasteiger partial charge on any atom is 0.165 e. The standard InChI is InChI=1S/C14H22FNO/c1-9(2)8-10(3)17-14-12(11(4)16)6-5-7-13(14)15/h5-7,9-11H,8,16H2,1-4H3/t10?,11-/m1/s1. The van der Waals surface area contributed by atoms with Gasteiger partial charge in [-0.2, -0.15) is 0 Å². The Morgan fingerprint density at radius 1 is 1.24 bits per heavy atom. The minimum Gasteiger partial charge on any atom is -0.487 e. The minimum absolute atomic E-state index is 0.00981. The number of hydrogen-bond donors (Lipinski definition) is 1. The van der Waals surface area contributed by atoms with Crippen LogP contribution >= 0.6 is 0 Å². The molecule has 0 aromatic heterocycles. The number of benzene rings is 1. The molecule has 17 heavy (non-hydrogen) atoms. The molecule has 0 saturated carbocycles. The second-order valence-corrected chi connectivity index (χ2v) is 5.00.